The highest BCUT2D eigenvalue weighted by molar-refractivity contribution is 7.99. The average molecular weight is 481 g/mol. The second-order valence-corrected chi connectivity index (χ2v) is 13.2. The normalized spacial score (nSPS) is 12.8. The van der Waals surface area contributed by atoms with Gasteiger partial charge >= 0.3 is 5.97 Å². The van der Waals surface area contributed by atoms with Crippen molar-refractivity contribution in [2.45, 2.75) is 58.2 Å². The van der Waals surface area contributed by atoms with Gasteiger partial charge in [0.2, 0.25) is 0 Å². The molecule has 0 fully saturated rings. The highest BCUT2D eigenvalue weighted by atomic mass is 32.2. The van der Waals surface area contributed by atoms with E-state index in [0.29, 0.717) is 12.2 Å². The standard InChI is InChI=1S/C28H36O3SSi/c1-7-30-27(29)23-14-15-24(26(28(2,3)4)31-33(5)6)25(19-23)32-17-16-20-12-13-21-10-8-9-11-22(21)18-20/h8-15,18-19,26,33H,7,16-17H2,1-6H3. The molecule has 0 heterocycles. The Kier molecular flexibility index (Phi) is 8.80. The van der Waals surface area contributed by atoms with Crippen LogP contribution in [-0.4, -0.2) is 27.4 Å². The van der Waals surface area contributed by atoms with Crippen molar-refractivity contribution in [3.8, 4) is 0 Å². The fraction of sp³-hybridized carbons (Fsp3) is 0.393. The Hall–Kier alpha value is -2.08. The number of hydrogen-bond acceptors (Lipinski definition) is 4. The van der Waals surface area contributed by atoms with Gasteiger partial charge in [-0.25, -0.2) is 4.79 Å². The zero-order valence-corrected chi connectivity index (χ0v) is 22.7. The topological polar surface area (TPSA) is 35.5 Å². The number of benzene rings is 3. The largest absolute Gasteiger partial charge is 0.462 e. The van der Waals surface area contributed by atoms with Crippen LogP contribution in [0.1, 0.15) is 55.3 Å². The molecule has 0 N–H and O–H groups in total. The first-order valence-electron chi connectivity index (χ1n) is 11.8. The molecule has 3 nitrogen and oxygen atoms in total. The second-order valence-electron chi connectivity index (χ2n) is 9.68. The van der Waals surface area contributed by atoms with Crippen LogP contribution in [0.4, 0.5) is 0 Å². The molecule has 0 aromatic heterocycles. The van der Waals surface area contributed by atoms with Gasteiger partial charge in [0.05, 0.1) is 18.3 Å². The predicted octanol–water partition coefficient (Wildman–Crippen LogP) is 7.44. The Morgan fingerprint density at radius 2 is 1.73 bits per heavy atom. The Labute approximate surface area is 204 Å². The molecular weight excluding hydrogens is 444 g/mol. The van der Waals surface area contributed by atoms with E-state index in [9.17, 15) is 4.79 Å². The van der Waals surface area contributed by atoms with Crippen molar-refractivity contribution in [1.29, 1.82) is 0 Å². The Bertz CT molecular complexity index is 1090. The maximum atomic E-state index is 12.4. The first-order valence-corrected chi connectivity index (χ1v) is 15.5. The third-order valence-corrected chi connectivity index (χ3v) is 7.35. The van der Waals surface area contributed by atoms with E-state index in [4.69, 9.17) is 9.16 Å². The van der Waals surface area contributed by atoms with Gasteiger partial charge in [-0.1, -0.05) is 69.3 Å². The summed E-state index contributed by atoms with van der Waals surface area (Å²) < 4.78 is 11.8. The minimum Gasteiger partial charge on any atom is -0.462 e. The van der Waals surface area contributed by atoms with Crippen molar-refractivity contribution < 1.29 is 14.0 Å². The van der Waals surface area contributed by atoms with Gasteiger partial charge in [-0.3, -0.25) is 0 Å². The average Bonchev–Trinajstić information content (AvgIpc) is 2.77. The van der Waals surface area contributed by atoms with Gasteiger partial charge in [0, 0.05) is 10.6 Å². The van der Waals surface area contributed by atoms with Crippen molar-refractivity contribution in [2.75, 3.05) is 12.4 Å². The van der Waals surface area contributed by atoms with Crippen LogP contribution in [0, 0.1) is 5.41 Å². The van der Waals surface area contributed by atoms with Crippen LogP contribution in [0.5, 0.6) is 0 Å². The first-order chi connectivity index (χ1) is 15.7. The summed E-state index contributed by atoms with van der Waals surface area (Å²) in [7, 11) is -1.26. The summed E-state index contributed by atoms with van der Waals surface area (Å²) in [5.74, 6) is 0.653. The van der Waals surface area contributed by atoms with Crippen LogP contribution in [0.3, 0.4) is 0 Å². The summed E-state index contributed by atoms with van der Waals surface area (Å²) in [6.45, 7) is 13.3. The molecule has 3 aromatic rings. The van der Waals surface area contributed by atoms with Gasteiger partial charge in [-0.15, -0.1) is 11.8 Å². The number of aryl methyl sites for hydroxylation is 1. The summed E-state index contributed by atoms with van der Waals surface area (Å²) in [5, 5.41) is 2.54. The Balaban J connectivity index is 1.87. The molecule has 0 aliphatic carbocycles. The highest BCUT2D eigenvalue weighted by Crippen LogP contribution is 2.41. The van der Waals surface area contributed by atoms with Gasteiger partial charge in [-0.05, 0) is 65.9 Å². The van der Waals surface area contributed by atoms with Crippen LogP contribution in [0.2, 0.25) is 13.1 Å². The van der Waals surface area contributed by atoms with Crippen LogP contribution >= 0.6 is 11.8 Å². The van der Waals surface area contributed by atoms with Crippen LogP contribution in [0.15, 0.2) is 65.6 Å². The monoisotopic (exact) mass is 480 g/mol. The molecule has 0 radical (unpaired) electrons. The molecule has 33 heavy (non-hydrogen) atoms. The number of hydrogen-bond donors (Lipinski definition) is 0. The molecule has 1 atom stereocenters. The molecule has 0 spiro atoms. The summed E-state index contributed by atoms with van der Waals surface area (Å²) >= 11 is 1.80. The lowest BCUT2D eigenvalue weighted by molar-refractivity contribution is 0.0525. The third-order valence-electron chi connectivity index (χ3n) is 5.46. The summed E-state index contributed by atoms with van der Waals surface area (Å²) in [4.78, 5) is 13.5. The number of esters is 1. The van der Waals surface area contributed by atoms with Gasteiger partial charge < -0.3 is 9.16 Å². The zero-order valence-electron chi connectivity index (χ0n) is 20.7. The van der Waals surface area contributed by atoms with Gasteiger partial charge in [0.1, 0.15) is 0 Å². The quantitative estimate of drug-likeness (QED) is 0.181. The van der Waals surface area contributed by atoms with E-state index in [1.807, 2.05) is 19.1 Å². The molecule has 0 aliphatic heterocycles. The molecule has 0 saturated heterocycles. The maximum absolute atomic E-state index is 12.4. The van der Waals surface area contributed by atoms with E-state index in [2.05, 4.69) is 82.4 Å². The zero-order chi connectivity index (χ0) is 24.0. The maximum Gasteiger partial charge on any atom is 0.338 e. The van der Waals surface area contributed by atoms with Crippen LogP contribution in [-0.2, 0) is 15.6 Å². The minimum atomic E-state index is -1.26. The fourth-order valence-electron chi connectivity index (χ4n) is 3.91. The SMILES string of the molecule is CCOC(=O)c1ccc(C(O[SiH](C)C)C(C)(C)C)c(SCCc2ccc3ccccc3c2)c1. The predicted molar refractivity (Wildman–Crippen MR) is 143 cm³/mol. The van der Waals surface area contributed by atoms with Crippen LogP contribution in [0.25, 0.3) is 10.8 Å². The smallest absolute Gasteiger partial charge is 0.338 e. The number of fused-ring (bicyclic) bond motifs is 1. The Morgan fingerprint density at radius 1 is 1.00 bits per heavy atom. The number of carbonyl (C=O) groups excluding carboxylic acids is 1. The lowest BCUT2D eigenvalue weighted by Crippen LogP contribution is -2.26. The number of ether oxygens (including phenoxy) is 1. The first kappa shape index (κ1) is 25.5. The van der Waals surface area contributed by atoms with E-state index >= 15 is 0 Å². The number of carbonyl (C=O) groups is 1. The third kappa shape index (κ3) is 6.95. The summed E-state index contributed by atoms with van der Waals surface area (Å²) in [6.07, 6.45) is 0.946. The molecular formula is C28H36O3SSi. The van der Waals surface area contributed by atoms with Gasteiger partial charge in [0.25, 0.3) is 0 Å². The molecule has 0 bridgehead atoms. The van der Waals surface area contributed by atoms with Crippen molar-refractivity contribution in [2.24, 2.45) is 5.41 Å². The molecule has 5 heteroatoms. The lowest BCUT2D eigenvalue weighted by Gasteiger charge is -2.34. The van der Waals surface area contributed by atoms with E-state index in [-0.39, 0.29) is 17.5 Å². The summed E-state index contributed by atoms with van der Waals surface area (Å²) in [6, 6.07) is 21.1. The van der Waals surface area contributed by atoms with E-state index in [0.717, 1.165) is 17.1 Å². The molecule has 176 valence electrons. The van der Waals surface area contributed by atoms with Gasteiger partial charge in [-0.2, -0.15) is 0 Å². The second kappa shape index (κ2) is 11.4. The molecule has 3 rings (SSSR count). The molecule has 3 aromatic carbocycles. The van der Waals surface area contributed by atoms with Crippen molar-refractivity contribution in [1.82, 2.24) is 0 Å². The number of thioether (sulfide) groups is 1. The van der Waals surface area contributed by atoms with Crippen molar-refractivity contribution in [3.63, 3.8) is 0 Å². The Morgan fingerprint density at radius 3 is 2.39 bits per heavy atom. The van der Waals surface area contributed by atoms with Crippen LogP contribution < -0.4 is 0 Å². The fourth-order valence-corrected chi connectivity index (χ4v) is 6.12. The van der Waals surface area contributed by atoms with E-state index in [1.165, 1.54) is 21.9 Å². The molecule has 0 amide bonds. The highest BCUT2D eigenvalue weighted by Gasteiger charge is 2.30. The lowest BCUT2D eigenvalue weighted by atomic mass is 9.84. The van der Waals surface area contributed by atoms with E-state index < -0.39 is 9.04 Å². The summed E-state index contributed by atoms with van der Waals surface area (Å²) in [5.41, 5.74) is 3.04. The van der Waals surface area contributed by atoms with Crippen molar-refractivity contribution >= 4 is 37.5 Å². The molecule has 1 unspecified atom stereocenters. The van der Waals surface area contributed by atoms with Crippen molar-refractivity contribution in [3.05, 3.63) is 77.4 Å². The molecule has 0 aliphatic rings. The molecule has 0 saturated carbocycles. The van der Waals surface area contributed by atoms with E-state index in [1.54, 1.807) is 11.8 Å². The minimum absolute atomic E-state index is 0.0106. The van der Waals surface area contributed by atoms with Gasteiger partial charge in [0.15, 0.2) is 9.04 Å². The number of rotatable bonds is 9.